The lowest BCUT2D eigenvalue weighted by Crippen LogP contribution is -2.40. The minimum absolute atomic E-state index is 0.0898. The molecule has 1 aliphatic rings. The Morgan fingerprint density at radius 2 is 1.97 bits per heavy atom. The van der Waals surface area contributed by atoms with Gasteiger partial charge in [0.15, 0.2) is 0 Å². The Labute approximate surface area is 168 Å². The molecular formula is C20H14ClF3O5. The molecule has 1 atom stereocenters. The molecule has 0 bridgehead atoms. The second-order valence-electron chi connectivity index (χ2n) is 6.12. The average molecular weight is 427 g/mol. The summed E-state index contributed by atoms with van der Waals surface area (Å²) < 4.78 is 50.2. The fraction of sp³-hybridized carbons (Fsp3) is 0.200. The molecule has 1 unspecified atom stereocenters. The number of alkyl halides is 3. The number of carbonyl (C=O) groups is 2. The van der Waals surface area contributed by atoms with Gasteiger partial charge in [-0.1, -0.05) is 23.7 Å². The highest BCUT2D eigenvalue weighted by Gasteiger charge is 2.48. The van der Waals surface area contributed by atoms with Crippen LogP contribution in [0.25, 0.3) is 17.2 Å². The number of carboxylic acids is 1. The number of ether oxygens (including phenoxy) is 2. The summed E-state index contributed by atoms with van der Waals surface area (Å²) in [6.07, 6.45) is -6.68. The third kappa shape index (κ3) is 4.22. The molecule has 3 rings (SSSR count). The third-order valence-electron chi connectivity index (χ3n) is 4.14. The van der Waals surface area contributed by atoms with Crippen molar-refractivity contribution in [1.82, 2.24) is 0 Å². The molecule has 0 spiro atoms. The van der Waals surface area contributed by atoms with Gasteiger partial charge < -0.3 is 14.6 Å². The second kappa shape index (κ2) is 7.79. The SMILES string of the molecule is CCOC(=O)c1cccc(-c2cc(Cl)cc3c2OC(C(F)(F)F)C(C(=O)O)=C3)c1. The lowest BCUT2D eigenvalue weighted by atomic mass is 9.95. The van der Waals surface area contributed by atoms with Crippen LogP contribution in [0.1, 0.15) is 22.8 Å². The molecule has 2 aromatic carbocycles. The molecule has 0 saturated heterocycles. The fourth-order valence-electron chi connectivity index (χ4n) is 2.94. The summed E-state index contributed by atoms with van der Waals surface area (Å²) in [5, 5.41) is 9.33. The standard InChI is InChI=1S/C20H14ClF3O5/c1-2-28-19(27)11-5-3-4-10(6-11)14-9-13(21)7-12-8-15(18(25)26)17(20(22,23)24)29-16(12)14/h3-9,17H,2H2,1H3,(H,25,26). The maximum absolute atomic E-state index is 13.4. The van der Waals surface area contributed by atoms with Crippen LogP contribution in [0.3, 0.4) is 0 Å². The van der Waals surface area contributed by atoms with Gasteiger partial charge in [0.2, 0.25) is 6.10 Å². The van der Waals surface area contributed by atoms with Gasteiger partial charge in [0, 0.05) is 16.1 Å². The van der Waals surface area contributed by atoms with Gasteiger partial charge in [-0.3, -0.25) is 0 Å². The van der Waals surface area contributed by atoms with Crippen molar-refractivity contribution in [2.24, 2.45) is 0 Å². The summed E-state index contributed by atoms with van der Waals surface area (Å²) in [6, 6.07) is 8.74. The Morgan fingerprint density at radius 1 is 1.24 bits per heavy atom. The zero-order chi connectivity index (χ0) is 21.3. The summed E-state index contributed by atoms with van der Waals surface area (Å²) >= 11 is 6.09. The van der Waals surface area contributed by atoms with Crippen LogP contribution in [0, 0.1) is 0 Å². The molecule has 5 nitrogen and oxygen atoms in total. The van der Waals surface area contributed by atoms with E-state index in [4.69, 9.17) is 26.2 Å². The van der Waals surface area contributed by atoms with Crippen molar-refractivity contribution in [3.8, 4) is 16.9 Å². The van der Waals surface area contributed by atoms with Crippen molar-refractivity contribution < 1.29 is 37.3 Å². The number of fused-ring (bicyclic) bond motifs is 1. The molecule has 0 amide bonds. The number of hydrogen-bond donors (Lipinski definition) is 1. The van der Waals surface area contributed by atoms with Crippen LogP contribution in [-0.2, 0) is 9.53 Å². The predicted molar refractivity (Wildman–Crippen MR) is 98.9 cm³/mol. The summed E-state index contributed by atoms with van der Waals surface area (Å²) in [5.41, 5.74) is -0.107. The Bertz CT molecular complexity index is 1010. The van der Waals surface area contributed by atoms with E-state index in [-0.39, 0.29) is 34.1 Å². The molecule has 2 aromatic rings. The molecule has 0 radical (unpaired) electrons. The lowest BCUT2D eigenvalue weighted by Gasteiger charge is -2.28. The first kappa shape index (κ1) is 20.7. The molecule has 0 saturated carbocycles. The molecule has 29 heavy (non-hydrogen) atoms. The summed E-state index contributed by atoms with van der Waals surface area (Å²) in [6.45, 7) is 1.81. The van der Waals surface area contributed by atoms with E-state index in [1.807, 2.05) is 0 Å². The smallest absolute Gasteiger partial charge is 0.430 e. The van der Waals surface area contributed by atoms with E-state index in [0.717, 1.165) is 6.08 Å². The number of halogens is 4. The Kier molecular flexibility index (Phi) is 5.57. The van der Waals surface area contributed by atoms with E-state index < -0.39 is 29.8 Å². The average Bonchev–Trinajstić information content (AvgIpc) is 2.65. The van der Waals surface area contributed by atoms with Gasteiger partial charge in [-0.05, 0) is 42.8 Å². The zero-order valence-corrected chi connectivity index (χ0v) is 15.7. The number of benzene rings is 2. The Morgan fingerprint density at radius 3 is 2.59 bits per heavy atom. The molecule has 1 N–H and O–H groups in total. The van der Waals surface area contributed by atoms with Crippen LogP contribution in [0.4, 0.5) is 13.2 Å². The quantitative estimate of drug-likeness (QED) is 0.698. The number of carboxylic acid groups (broad SMARTS) is 1. The largest absolute Gasteiger partial charge is 0.478 e. The van der Waals surface area contributed by atoms with Crippen molar-refractivity contribution in [2.45, 2.75) is 19.2 Å². The molecule has 1 heterocycles. The van der Waals surface area contributed by atoms with Gasteiger partial charge in [-0.2, -0.15) is 13.2 Å². The first-order chi connectivity index (χ1) is 13.6. The molecule has 0 aromatic heterocycles. The summed E-state index contributed by atoms with van der Waals surface area (Å²) in [7, 11) is 0. The van der Waals surface area contributed by atoms with Crippen molar-refractivity contribution in [2.75, 3.05) is 6.61 Å². The number of hydrogen-bond acceptors (Lipinski definition) is 4. The Balaban J connectivity index is 2.17. The van der Waals surface area contributed by atoms with E-state index in [1.165, 1.54) is 30.3 Å². The monoisotopic (exact) mass is 426 g/mol. The highest BCUT2D eigenvalue weighted by Crippen LogP contribution is 2.44. The molecule has 0 aliphatic carbocycles. The number of carbonyl (C=O) groups excluding carboxylic acids is 1. The molecule has 0 fully saturated rings. The Hall–Kier alpha value is -3.00. The number of rotatable bonds is 4. The third-order valence-corrected chi connectivity index (χ3v) is 4.36. The van der Waals surface area contributed by atoms with Gasteiger partial charge >= 0.3 is 18.1 Å². The van der Waals surface area contributed by atoms with E-state index in [1.54, 1.807) is 13.0 Å². The van der Waals surface area contributed by atoms with Gasteiger partial charge in [-0.25, -0.2) is 9.59 Å². The van der Waals surface area contributed by atoms with E-state index in [0.29, 0.717) is 5.56 Å². The highest BCUT2D eigenvalue weighted by molar-refractivity contribution is 6.31. The fourth-order valence-corrected chi connectivity index (χ4v) is 3.16. The summed E-state index contributed by atoms with van der Waals surface area (Å²) in [4.78, 5) is 23.3. The maximum Gasteiger partial charge on any atom is 0.430 e. The van der Waals surface area contributed by atoms with Gasteiger partial charge in [0.25, 0.3) is 0 Å². The van der Waals surface area contributed by atoms with Crippen molar-refractivity contribution >= 4 is 29.6 Å². The van der Waals surface area contributed by atoms with Crippen LogP contribution in [0.2, 0.25) is 5.02 Å². The van der Waals surface area contributed by atoms with E-state index in [2.05, 4.69) is 0 Å². The first-order valence-corrected chi connectivity index (χ1v) is 8.79. The minimum atomic E-state index is -4.94. The van der Waals surface area contributed by atoms with Crippen molar-refractivity contribution in [3.05, 3.63) is 58.1 Å². The van der Waals surface area contributed by atoms with Crippen molar-refractivity contribution in [3.63, 3.8) is 0 Å². The maximum atomic E-state index is 13.4. The van der Waals surface area contributed by atoms with Crippen LogP contribution >= 0.6 is 11.6 Å². The molecule has 1 aliphatic heterocycles. The number of aliphatic carboxylic acids is 1. The van der Waals surface area contributed by atoms with Gasteiger partial charge in [0.1, 0.15) is 5.75 Å². The lowest BCUT2D eigenvalue weighted by molar-refractivity contribution is -0.187. The van der Waals surface area contributed by atoms with Gasteiger partial charge in [-0.15, -0.1) is 0 Å². The minimum Gasteiger partial charge on any atom is -0.478 e. The van der Waals surface area contributed by atoms with Crippen LogP contribution in [0.15, 0.2) is 42.0 Å². The van der Waals surface area contributed by atoms with Gasteiger partial charge in [0.05, 0.1) is 17.7 Å². The molecular weight excluding hydrogens is 413 g/mol. The van der Waals surface area contributed by atoms with Crippen LogP contribution < -0.4 is 4.74 Å². The van der Waals surface area contributed by atoms with E-state index >= 15 is 0 Å². The zero-order valence-electron chi connectivity index (χ0n) is 14.9. The van der Waals surface area contributed by atoms with Crippen LogP contribution in [-0.4, -0.2) is 35.9 Å². The van der Waals surface area contributed by atoms with Crippen LogP contribution in [0.5, 0.6) is 5.75 Å². The number of esters is 1. The van der Waals surface area contributed by atoms with E-state index in [9.17, 15) is 22.8 Å². The first-order valence-electron chi connectivity index (χ1n) is 8.41. The topological polar surface area (TPSA) is 72.8 Å². The second-order valence-corrected chi connectivity index (χ2v) is 6.55. The van der Waals surface area contributed by atoms with Crippen molar-refractivity contribution in [1.29, 1.82) is 0 Å². The highest BCUT2D eigenvalue weighted by atomic mass is 35.5. The molecule has 152 valence electrons. The molecule has 9 heteroatoms. The predicted octanol–water partition coefficient (Wildman–Crippen LogP) is 4.98. The summed E-state index contributed by atoms with van der Waals surface area (Å²) in [5.74, 6) is -2.51. The normalized spacial score (nSPS) is 15.8.